The zero-order valence-electron chi connectivity index (χ0n) is 10.9. The number of aliphatic hydroxyl groups excluding tert-OH is 1. The molecule has 4 unspecified atom stereocenters. The summed E-state index contributed by atoms with van der Waals surface area (Å²) in [6, 6.07) is 0.897. The first kappa shape index (κ1) is 12.4. The van der Waals surface area contributed by atoms with Gasteiger partial charge in [0.1, 0.15) is 0 Å². The Bertz CT molecular complexity index is 314. The van der Waals surface area contributed by atoms with Crippen LogP contribution in [0.2, 0.25) is 0 Å². The minimum Gasteiger partial charge on any atom is -0.393 e. The van der Waals surface area contributed by atoms with Crippen LogP contribution in [0.4, 0.5) is 0 Å². The summed E-state index contributed by atoms with van der Waals surface area (Å²) < 4.78 is 0. The van der Waals surface area contributed by atoms with Crippen LogP contribution in [0.5, 0.6) is 0 Å². The lowest BCUT2D eigenvalue weighted by atomic mass is 9.98. The van der Waals surface area contributed by atoms with E-state index in [0.717, 1.165) is 38.8 Å². The summed E-state index contributed by atoms with van der Waals surface area (Å²) in [4.78, 5) is 14.6. The molecular formula is C13H23N3O2. The van der Waals surface area contributed by atoms with Gasteiger partial charge in [-0.15, -0.1) is 0 Å². The van der Waals surface area contributed by atoms with Gasteiger partial charge in [0.05, 0.1) is 12.1 Å². The van der Waals surface area contributed by atoms with Crippen molar-refractivity contribution in [2.24, 2.45) is 0 Å². The molecule has 4 atom stereocenters. The summed E-state index contributed by atoms with van der Waals surface area (Å²) >= 11 is 0. The number of carbonyl (C=O) groups excluding carboxylic acids is 1. The van der Waals surface area contributed by atoms with Crippen LogP contribution in [0.3, 0.4) is 0 Å². The number of carbonyl (C=O) groups is 1. The Hall–Kier alpha value is -0.650. The third-order valence-electron chi connectivity index (χ3n) is 4.60. The number of nitrogens with one attached hydrogen (secondary N) is 2. The van der Waals surface area contributed by atoms with Gasteiger partial charge in [0.2, 0.25) is 5.91 Å². The summed E-state index contributed by atoms with van der Waals surface area (Å²) in [5.74, 6) is 0.230. The number of piperidine rings is 1. The van der Waals surface area contributed by atoms with Gasteiger partial charge >= 0.3 is 0 Å². The van der Waals surface area contributed by atoms with Gasteiger partial charge in [-0.2, -0.15) is 0 Å². The lowest BCUT2D eigenvalue weighted by Crippen LogP contribution is -2.62. The molecule has 3 saturated heterocycles. The number of fused-ring (bicyclic) bond motifs is 2. The molecule has 0 saturated carbocycles. The van der Waals surface area contributed by atoms with Crippen LogP contribution in [-0.2, 0) is 4.79 Å². The Morgan fingerprint density at radius 2 is 1.83 bits per heavy atom. The number of rotatable bonds is 1. The van der Waals surface area contributed by atoms with E-state index >= 15 is 0 Å². The average Bonchev–Trinajstić information content (AvgIpc) is 2.62. The van der Waals surface area contributed by atoms with Crippen molar-refractivity contribution in [3.63, 3.8) is 0 Å². The molecule has 2 bridgehead atoms. The fraction of sp³-hybridized carbons (Fsp3) is 0.923. The molecule has 0 radical (unpaired) electrons. The minimum atomic E-state index is -0.205. The zero-order valence-corrected chi connectivity index (χ0v) is 10.9. The van der Waals surface area contributed by atoms with E-state index in [1.54, 1.807) is 0 Å². The summed E-state index contributed by atoms with van der Waals surface area (Å²) in [6.07, 6.45) is 3.44. The molecule has 3 aliphatic heterocycles. The van der Waals surface area contributed by atoms with Crippen molar-refractivity contribution in [1.82, 2.24) is 15.5 Å². The maximum absolute atomic E-state index is 12.6. The van der Waals surface area contributed by atoms with Gasteiger partial charge < -0.3 is 20.6 Å². The molecule has 0 aromatic heterocycles. The van der Waals surface area contributed by atoms with E-state index in [4.69, 9.17) is 0 Å². The lowest BCUT2D eigenvalue weighted by molar-refractivity contribution is -0.140. The highest BCUT2D eigenvalue weighted by molar-refractivity contribution is 5.83. The molecule has 3 aliphatic rings. The average molecular weight is 253 g/mol. The van der Waals surface area contributed by atoms with E-state index in [-0.39, 0.29) is 30.1 Å². The summed E-state index contributed by atoms with van der Waals surface area (Å²) in [6.45, 7) is 3.69. The molecule has 0 spiro atoms. The monoisotopic (exact) mass is 253 g/mol. The highest BCUT2D eigenvalue weighted by Crippen LogP contribution is 2.36. The topological polar surface area (TPSA) is 64.6 Å². The largest absolute Gasteiger partial charge is 0.393 e. The molecule has 5 nitrogen and oxygen atoms in total. The first-order valence-corrected chi connectivity index (χ1v) is 7.12. The Morgan fingerprint density at radius 3 is 2.39 bits per heavy atom. The fourth-order valence-corrected chi connectivity index (χ4v) is 3.65. The van der Waals surface area contributed by atoms with Gasteiger partial charge in [-0.3, -0.25) is 4.79 Å². The van der Waals surface area contributed by atoms with Gasteiger partial charge in [-0.25, -0.2) is 0 Å². The third-order valence-corrected chi connectivity index (χ3v) is 4.60. The lowest BCUT2D eigenvalue weighted by Gasteiger charge is -2.40. The van der Waals surface area contributed by atoms with Gasteiger partial charge in [0, 0.05) is 31.2 Å². The van der Waals surface area contributed by atoms with Crippen molar-refractivity contribution < 1.29 is 9.90 Å². The first-order valence-electron chi connectivity index (χ1n) is 7.12. The number of piperazine rings is 1. The van der Waals surface area contributed by atoms with E-state index in [2.05, 4.69) is 22.5 Å². The molecule has 3 fully saturated rings. The van der Waals surface area contributed by atoms with Crippen molar-refractivity contribution in [2.45, 2.75) is 62.9 Å². The fourth-order valence-electron chi connectivity index (χ4n) is 3.65. The molecule has 3 heterocycles. The second-order valence-corrected chi connectivity index (χ2v) is 6.03. The van der Waals surface area contributed by atoms with E-state index in [1.807, 2.05) is 0 Å². The maximum Gasteiger partial charge on any atom is 0.241 e. The summed E-state index contributed by atoms with van der Waals surface area (Å²) in [5.41, 5.74) is 0. The van der Waals surface area contributed by atoms with Crippen molar-refractivity contribution >= 4 is 5.91 Å². The van der Waals surface area contributed by atoms with Gasteiger partial charge in [-0.1, -0.05) is 0 Å². The standard InChI is InChI=1S/C13H23N3O2/c1-8-6-15-12(7-14-8)13(18)16-9-2-3-10(16)5-11(17)4-9/h8-12,14-15,17H,2-7H2,1H3. The Kier molecular flexibility index (Phi) is 3.30. The molecule has 0 aromatic carbocycles. The second-order valence-electron chi connectivity index (χ2n) is 6.03. The number of amides is 1. The maximum atomic E-state index is 12.6. The molecule has 5 heteroatoms. The smallest absolute Gasteiger partial charge is 0.241 e. The Morgan fingerprint density at radius 1 is 1.17 bits per heavy atom. The number of hydrogen-bond donors (Lipinski definition) is 3. The van der Waals surface area contributed by atoms with Gasteiger partial charge in [0.15, 0.2) is 0 Å². The predicted octanol–water partition coefficient (Wildman–Crippen LogP) is -0.549. The highest BCUT2D eigenvalue weighted by atomic mass is 16.3. The molecule has 3 N–H and O–H groups in total. The molecule has 1 amide bonds. The zero-order chi connectivity index (χ0) is 12.7. The van der Waals surface area contributed by atoms with Crippen LogP contribution in [0.25, 0.3) is 0 Å². The van der Waals surface area contributed by atoms with Crippen LogP contribution in [0.1, 0.15) is 32.6 Å². The second kappa shape index (κ2) is 4.79. The van der Waals surface area contributed by atoms with Crippen molar-refractivity contribution in [1.29, 1.82) is 0 Å². The molecule has 18 heavy (non-hydrogen) atoms. The molecule has 0 aliphatic carbocycles. The summed E-state index contributed by atoms with van der Waals surface area (Å²) in [5, 5.41) is 16.5. The van der Waals surface area contributed by atoms with Crippen LogP contribution >= 0.6 is 0 Å². The van der Waals surface area contributed by atoms with Crippen molar-refractivity contribution in [3.8, 4) is 0 Å². The predicted molar refractivity (Wildman–Crippen MR) is 68.2 cm³/mol. The quantitative estimate of drug-likeness (QED) is 0.587. The van der Waals surface area contributed by atoms with E-state index in [1.165, 1.54) is 0 Å². The molecular weight excluding hydrogens is 230 g/mol. The normalized spacial score (nSPS) is 44.1. The SMILES string of the molecule is CC1CNC(C(=O)N2C3CCC2CC(O)C3)CN1. The van der Waals surface area contributed by atoms with E-state index in [9.17, 15) is 9.90 Å². The van der Waals surface area contributed by atoms with Crippen molar-refractivity contribution in [3.05, 3.63) is 0 Å². The molecule has 0 aromatic rings. The number of aliphatic hydroxyl groups is 1. The van der Waals surface area contributed by atoms with Crippen LogP contribution in [-0.4, -0.2) is 59.3 Å². The number of hydrogen-bond acceptors (Lipinski definition) is 4. The van der Waals surface area contributed by atoms with Crippen LogP contribution in [0.15, 0.2) is 0 Å². The van der Waals surface area contributed by atoms with E-state index in [0.29, 0.717) is 6.04 Å². The van der Waals surface area contributed by atoms with Crippen molar-refractivity contribution in [2.75, 3.05) is 13.1 Å². The van der Waals surface area contributed by atoms with Gasteiger partial charge in [-0.05, 0) is 32.6 Å². The first-order chi connectivity index (χ1) is 8.65. The Labute approximate surface area is 108 Å². The summed E-state index contributed by atoms with van der Waals surface area (Å²) in [7, 11) is 0. The van der Waals surface area contributed by atoms with Crippen LogP contribution < -0.4 is 10.6 Å². The van der Waals surface area contributed by atoms with Crippen LogP contribution in [0, 0.1) is 0 Å². The minimum absolute atomic E-state index is 0.0838. The molecule has 102 valence electrons. The van der Waals surface area contributed by atoms with E-state index < -0.39 is 0 Å². The Balaban J connectivity index is 1.66. The highest BCUT2D eigenvalue weighted by Gasteiger charge is 2.44. The number of nitrogens with zero attached hydrogens (tertiary/aromatic N) is 1. The third kappa shape index (κ3) is 2.15. The van der Waals surface area contributed by atoms with Gasteiger partial charge in [0.25, 0.3) is 0 Å². The molecule has 3 rings (SSSR count).